The fraction of sp³-hybridized carbons (Fsp3) is 1.00. The first kappa shape index (κ1) is 13.9. The predicted molar refractivity (Wildman–Crippen MR) is 79.2 cm³/mol. The van der Waals surface area contributed by atoms with Crippen LogP contribution in [0.4, 0.5) is 0 Å². The molecule has 3 aliphatic rings. The first-order valence-corrected chi connectivity index (χ1v) is 8.42. The van der Waals surface area contributed by atoms with Crippen LogP contribution in [0.15, 0.2) is 0 Å². The topological polar surface area (TPSA) is 12.5 Å². The Morgan fingerprint density at radius 2 is 1.79 bits per heavy atom. The van der Waals surface area contributed by atoms with Crippen molar-refractivity contribution in [2.24, 2.45) is 17.8 Å². The minimum Gasteiger partial charge on any atom is -0.377 e. The van der Waals surface area contributed by atoms with E-state index >= 15 is 0 Å². The highest BCUT2D eigenvalue weighted by Crippen LogP contribution is 2.54. The van der Waals surface area contributed by atoms with Crippen LogP contribution >= 0.6 is 0 Å². The summed E-state index contributed by atoms with van der Waals surface area (Å²) in [5, 5.41) is 0. The van der Waals surface area contributed by atoms with E-state index in [1.165, 1.54) is 32.1 Å². The molecule has 3 atom stereocenters. The molecule has 0 aromatic rings. The second-order valence-corrected chi connectivity index (χ2v) is 7.85. The predicted octanol–water partition coefficient (Wildman–Crippen LogP) is 3.70. The normalized spacial score (nSPS) is 37.9. The molecular weight excluding hydrogens is 234 g/mol. The molecule has 0 amide bonds. The average Bonchev–Trinajstić information content (AvgIpc) is 2.59. The number of ether oxygens (including phenoxy) is 1. The van der Waals surface area contributed by atoms with Crippen LogP contribution < -0.4 is 0 Å². The van der Waals surface area contributed by atoms with Gasteiger partial charge in [0.15, 0.2) is 0 Å². The van der Waals surface area contributed by atoms with Crippen molar-refractivity contribution in [3.63, 3.8) is 0 Å². The van der Waals surface area contributed by atoms with Gasteiger partial charge in [-0.25, -0.2) is 0 Å². The molecular formula is C17H31NO. The van der Waals surface area contributed by atoms with E-state index in [-0.39, 0.29) is 0 Å². The van der Waals surface area contributed by atoms with E-state index in [4.69, 9.17) is 4.74 Å². The van der Waals surface area contributed by atoms with Crippen molar-refractivity contribution in [3.05, 3.63) is 0 Å². The summed E-state index contributed by atoms with van der Waals surface area (Å²) < 4.78 is 5.72. The molecule has 0 aromatic carbocycles. The fourth-order valence-corrected chi connectivity index (χ4v) is 5.35. The van der Waals surface area contributed by atoms with Crippen molar-refractivity contribution in [1.29, 1.82) is 0 Å². The van der Waals surface area contributed by atoms with Crippen LogP contribution in [0.3, 0.4) is 0 Å². The summed E-state index contributed by atoms with van der Waals surface area (Å²) in [6.07, 6.45) is 7.19. The lowest BCUT2D eigenvalue weighted by Crippen LogP contribution is -2.65. The SMILES string of the molecule is CC(C)CC1C2CCCCC2N(C(C)C)C12COC2. The lowest BCUT2D eigenvalue weighted by Gasteiger charge is -2.52. The monoisotopic (exact) mass is 265 g/mol. The van der Waals surface area contributed by atoms with E-state index in [0.29, 0.717) is 11.6 Å². The summed E-state index contributed by atoms with van der Waals surface area (Å²) in [6.45, 7) is 11.6. The summed E-state index contributed by atoms with van der Waals surface area (Å²) >= 11 is 0. The number of rotatable bonds is 3. The number of hydrogen-bond donors (Lipinski definition) is 0. The molecule has 1 saturated carbocycles. The smallest absolute Gasteiger partial charge is 0.0715 e. The first-order valence-electron chi connectivity index (χ1n) is 8.42. The van der Waals surface area contributed by atoms with Crippen LogP contribution in [-0.4, -0.2) is 35.7 Å². The van der Waals surface area contributed by atoms with Gasteiger partial charge in [0.25, 0.3) is 0 Å². The van der Waals surface area contributed by atoms with Crippen molar-refractivity contribution in [3.8, 4) is 0 Å². The second-order valence-electron chi connectivity index (χ2n) is 7.85. The Hall–Kier alpha value is -0.0800. The van der Waals surface area contributed by atoms with Gasteiger partial charge in [0.05, 0.1) is 18.8 Å². The number of fused-ring (bicyclic) bond motifs is 1. The van der Waals surface area contributed by atoms with Crippen molar-refractivity contribution < 1.29 is 4.74 Å². The maximum atomic E-state index is 5.72. The molecule has 0 aromatic heterocycles. The van der Waals surface area contributed by atoms with Crippen LogP contribution in [-0.2, 0) is 4.74 Å². The second kappa shape index (κ2) is 5.04. The van der Waals surface area contributed by atoms with Gasteiger partial charge in [0.2, 0.25) is 0 Å². The Balaban J connectivity index is 1.92. The van der Waals surface area contributed by atoms with E-state index < -0.39 is 0 Å². The maximum absolute atomic E-state index is 5.72. The summed E-state index contributed by atoms with van der Waals surface area (Å²) in [5.41, 5.74) is 0.401. The van der Waals surface area contributed by atoms with Crippen molar-refractivity contribution >= 4 is 0 Å². The highest BCUT2D eigenvalue weighted by atomic mass is 16.5. The van der Waals surface area contributed by atoms with Gasteiger partial charge >= 0.3 is 0 Å². The summed E-state index contributed by atoms with van der Waals surface area (Å²) in [5.74, 6) is 2.65. The molecule has 0 bridgehead atoms. The van der Waals surface area contributed by atoms with Crippen LogP contribution in [0.25, 0.3) is 0 Å². The zero-order valence-corrected chi connectivity index (χ0v) is 13.2. The molecule has 2 heteroatoms. The number of nitrogens with zero attached hydrogens (tertiary/aromatic N) is 1. The Morgan fingerprint density at radius 3 is 2.32 bits per heavy atom. The fourth-order valence-electron chi connectivity index (χ4n) is 5.35. The largest absolute Gasteiger partial charge is 0.377 e. The maximum Gasteiger partial charge on any atom is 0.0715 e. The molecule has 3 unspecified atom stereocenters. The zero-order chi connectivity index (χ0) is 13.6. The molecule has 2 nitrogen and oxygen atoms in total. The van der Waals surface area contributed by atoms with Crippen LogP contribution in [0.1, 0.15) is 59.8 Å². The molecule has 1 aliphatic carbocycles. The average molecular weight is 265 g/mol. The molecule has 3 fully saturated rings. The van der Waals surface area contributed by atoms with Gasteiger partial charge in [-0.15, -0.1) is 0 Å². The zero-order valence-electron chi connectivity index (χ0n) is 13.2. The Labute approximate surface area is 118 Å². The van der Waals surface area contributed by atoms with E-state index in [0.717, 1.165) is 37.0 Å². The van der Waals surface area contributed by atoms with Gasteiger partial charge < -0.3 is 4.74 Å². The highest BCUT2D eigenvalue weighted by molar-refractivity contribution is 5.14. The molecule has 1 spiro atoms. The standard InChI is InChI=1S/C17H31NO/c1-12(2)9-15-14-7-5-6-8-16(14)18(13(3)4)17(15)10-19-11-17/h12-16H,5-11H2,1-4H3. The Bertz CT molecular complexity index is 321. The molecule has 19 heavy (non-hydrogen) atoms. The summed E-state index contributed by atoms with van der Waals surface area (Å²) in [7, 11) is 0. The number of hydrogen-bond acceptors (Lipinski definition) is 2. The lowest BCUT2D eigenvalue weighted by molar-refractivity contribution is -0.161. The molecule has 110 valence electrons. The van der Waals surface area contributed by atoms with Gasteiger partial charge in [-0.1, -0.05) is 26.7 Å². The van der Waals surface area contributed by atoms with Crippen molar-refractivity contribution in [1.82, 2.24) is 4.90 Å². The Kier molecular flexibility index (Phi) is 3.68. The molecule has 3 rings (SSSR count). The van der Waals surface area contributed by atoms with E-state index in [9.17, 15) is 0 Å². The van der Waals surface area contributed by atoms with Gasteiger partial charge in [0, 0.05) is 12.1 Å². The third-order valence-corrected chi connectivity index (χ3v) is 5.85. The lowest BCUT2D eigenvalue weighted by atomic mass is 9.70. The van der Waals surface area contributed by atoms with E-state index in [1.807, 2.05) is 0 Å². The first-order chi connectivity index (χ1) is 9.06. The van der Waals surface area contributed by atoms with Gasteiger partial charge in [-0.2, -0.15) is 0 Å². The minimum atomic E-state index is 0.401. The van der Waals surface area contributed by atoms with Crippen LogP contribution in [0.5, 0.6) is 0 Å². The molecule has 0 radical (unpaired) electrons. The minimum absolute atomic E-state index is 0.401. The highest BCUT2D eigenvalue weighted by Gasteiger charge is 2.62. The summed E-state index contributed by atoms with van der Waals surface area (Å²) in [4.78, 5) is 2.88. The van der Waals surface area contributed by atoms with E-state index in [2.05, 4.69) is 32.6 Å². The van der Waals surface area contributed by atoms with Gasteiger partial charge in [0.1, 0.15) is 0 Å². The summed E-state index contributed by atoms with van der Waals surface area (Å²) in [6, 6.07) is 1.52. The Morgan fingerprint density at radius 1 is 1.11 bits per heavy atom. The van der Waals surface area contributed by atoms with Gasteiger partial charge in [-0.3, -0.25) is 4.90 Å². The number of likely N-dealkylation sites (tertiary alicyclic amines) is 1. The molecule has 2 saturated heterocycles. The quantitative estimate of drug-likeness (QED) is 0.771. The van der Waals surface area contributed by atoms with Crippen molar-refractivity contribution in [2.45, 2.75) is 77.4 Å². The third-order valence-electron chi connectivity index (χ3n) is 5.85. The van der Waals surface area contributed by atoms with Crippen LogP contribution in [0, 0.1) is 17.8 Å². The third kappa shape index (κ3) is 2.06. The molecule has 0 N–H and O–H groups in total. The molecule has 2 heterocycles. The molecule has 2 aliphatic heterocycles. The van der Waals surface area contributed by atoms with Crippen molar-refractivity contribution in [2.75, 3.05) is 13.2 Å². The van der Waals surface area contributed by atoms with Crippen LogP contribution in [0.2, 0.25) is 0 Å². The van der Waals surface area contributed by atoms with Gasteiger partial charge in [-0.05, 0) is 50.9 Å². The van der Waals surface area contributed by atoms with E-state index in [1.54, 1.807) is 0 Å².